The maximum Gasteiger partial charge on any atom is 0.230 e. The number of hydrogen-bond acceptors (Lipinski definition) is 7. The predicted octanol–water partition coefficient (Wildman–Crippen LogP) is 4.28. The highest BCUT2D eigenvalue weighted by Crippen LogP contribution is 2.33. The molecule has 0 radical (unpaired) electrons. The molecule has 0 aliphatic carbocycles. The summed E-state index contributed by atoms with van der Waals surface area (Å²) >= 11 is 1.45. The highest BCUT2D eigenvalue weighted by atomic mass is 32.1. The van der Waals surface area contributed by atoms with Crippen molar-refractivity contribution in [3.8, 4) is 33.9 Å². The molecule has 3 aromatic rings. The molecule has 0 saturated carbocycles. The molecule has 0 saturated heterocycles. The minimum Gasteiger partial charge on any atom is -0.493 e. The second-order valence-corrected chi connectivity index (χ2v) is 7.05. The molecular formula is C22H21N3O4S. The average molecular weight is 423 g/mol. The quantitative estimate of drug-likeness (QED) is 0.581. The van der Waals surface area contributed by atoms with E-state index in [4.69, 9.17) is 19.5 Å². The summed E-state index contributed by atoms with van der Waals surface area (Å²) in [7, 11) is 3.16. The Kier molecular flexibility index (Phi) is 6.88. The molecule has 0 aliphatic rings. The predicted molar refractivity (Wildman–Crippen MR) is 115 cm³/mol. The van der Waals surface area contributed by atoms with Gasteiger partial charge in [0.15, 0.2) is 11.5 Å². The molecule has 3 rings (SSSR count). The number of nitrogens with one attached hydrogen (secondary N) is 1. The van der Waals surface area contributed by atoms with Gasteiger partial charge in [0.1, 0.15) is 10.8 Å². The van der Waals surface area contributed by atoms with Crippen LogP contribution in [0.15, 0.2) is 41.8 Å². The first-order valence-electron chi connectivity index (χ1n) is 9.21. The fraction of sp³-hybridized carbons (Fsp3) is 0.227. The van der Waals surface area contributed by atoms with Crippen LogP contribution in [0.25, 0.3) is 10.6 Å². The summed E-state index contributed by atoms with van der Waals surface area (Å²) < 4.78 is 16.1. The van der Waals surface area contributed by atoms with Gasteiger partial charge in [0.25, 0.3) is 0 Å². The Bertz CT molecular complexity index is 1090. The molecule has 30 heavy (non-hydrogen) atoms. The third-order valence-corrected chi connectivity index (χ3v) is 5.15. The summed E-state index contributed by atoms with van der Waals surface area (Å²) in [5.74, 6) is 1.54. The van der Waals surface area contributed by atoms with E-state index in [1.807, 2.05) is 30.5 Å². The number of anilines is 1. The number of nitriles is 1. The van der Waals surface area contributed by atoms with Gasteiger partial charge in [-0.15, -0.1) is 11.3 Å². The first-order valence-corrected chi connectivity index (χ1v) is 10.1. The smallest absolute Gasteiger partial charge is 0.230 e. The number of benzene rings is 2. The summed E-state index contributed by atoms with van der Waals surface area (Å²) in [6, 6.07) is 12.5. The van der Waals surface area contributed by atoms with E-state index in [-0.39, 0.29) is 12.3 Å². The Balaban J connectivity index is 1.74. The molecule has 0 aliphatic heterocycles. The van der Waals surface area contributed by atoms with Crippen LogP contribution in [0.3, 0.4) is 0 Å². The lowest BCUT2D eigenvalue weighted by molar-refractivity contribution is -0.115. The molecular weight excluding hydrogens is 402 g/mol. The number of methoxy groups -OCH3 is 2. The summed E-state index contributed by atoms with van der Waals surface area (Å²) in [6.45, 7) is 2.31. The van der Waals surface area contributed by atoms with Crippen molar-refractivity contribution >= 4 is 22.9 Å². The zero-order valence-electron chi connectivity index (χ0n) is 16.9. The van der Waals surface area contributed by atoms with Gasteiger partial charge in [-0.1, -0.05) is 0 Å². The summed E-state index contributed by atoms with van der Waals surface area (Å²) in [5.41, 5.74) is 2.44. The van der Waals surface area contributed by atoms with Crippen LogP contribution in [0.2, 0.25) is 0 Å². The van der Waals surface area contributed by atoms with Crippen LogP contribution in [0.4, 0.5) is 5.69 Å². The van der Waals surface area contributed by atoms with E-state index in [0.29, 0.717) is 40.8 Å². The van der Waals surface area contributed by atoms with E-state index in [2.05, 4.69) is 16.4 Å². The average Bonchev–Trinajstić information content (AvgIpc) is 3.22. The van der Waals surface area contributed by atoms with Crippen LogP contribution in [0, 0.1) is 11.3 Å². The molecule has 2 aromatic carbocycles. The first kappa shape index (κ1) is 21.1. The SMILES string of the molecule is CCOc1ccc(C#N)cc1NC(=O)Cc1csc(-c2ccc(OC)c(OC)c2)n1. The van der Waals surface area contributed by atoms with Crippen molar-refractivity contribution in [3.05, 3.63) is 53.0 Å². The molecule has 0 bridgehead atoms. The molecule has 0 atom stereocenters. The zero-order chi connectivity index (χ0) is 21.5. The Morgan fingerprint density at radius 1 is 1.13 bits per heavy atom. The van der Waals surface area contributed by atoms with Crippen molar-refractivity contribution in [1.29, 1.82) is 5.26 Å². The molecule has 7 nitrogen and oxygen atoms in total. The minimum atomic E-state index is -0.241. The van der Waals surface area contributed by atoms with Gasteiger partial charge >= 0.3 is 0 Å². The Labute approximate surface area is 178 Å². The highest BCUT2D eigenvalue weighted by Gasteiger charge is 2.14. The number of carbonyl (C=O) groups excluding carboxylic acids is 1. The maximum absolute atomic E-state index is 12.5. The van der Waals surface area contributed by atoms with E-state index in [1.54, 1.807) is 32.4 Å². The van der Waals surface area contributed by atoms with Gasteiger partial charge in [0.2, 0.25) is 5.91 Å². The summed E-state index contributed by atoms with van der Waals surface area (Å²) in [6.07, 6.45) is 0.103. The number of rotatable bonds is 8. The molecule has 154 valence electrons. The van der Waals surface area contributed by atoms with Crippen molar-refractivity contribution < 1.29 is 19.0 Å². The van der Waals surface area contributed by atoms with E-state index >= 15 is 0 Å². The highest BCUT2D eigenvalue weighted by molar-refractivity contribution is 7.13. The lowest BCUT2D eigenvalue weighted by Gasteiger charge is -2.11. The number of aromatic nitrogens is 1. The molecule has 1 N–H and O–H groups in total. The largest absolute Gasteiger partial charge is 0.493 e. The van der Waals surface area contributed by atoms with Gasteiger partial charge in [0.05, 0.1) is 50.3 Å². The van der Waals surface area contributed by atoms with Gasteiger partial charge in [-0.3, -0.25) is 4.79 Å². The standard InChI is InChI=1S/C22H21N3O4S/c1-4-29-18-7-5-14(12-23)9-17(18)25-21(26)11-16-13-30-22(24-16)15-6-8-19(27-2)20(10-15)28-3/h5-10,13H,4,11H2,1-3H3,(H,25,26). The third-order valence-electron chi connectivity index (χ3n) is 4.21. The molecule has 1 aromatic heterocycles. The third kappa shape index (κ3) is 4.88. The van der Waals surface area contributed by atoms with Crippen LogP contribution in [0.1, 0.15) is 18.2 Å². The van der Waals surface area contributed by atoms with Crippen LogP contribution in [-0.4, -0.2) is 31.7 Å². The first-order chi connectivity index (χ1) is 14.6. The minimum absolute atomic E-state index is 0.103. The van der Waals surface area contributed by atoms with Crippen LogP contribution in [0.5, 0.6) is 17.2 Å². The number of nitrogens with zero attached hydrogens (tertiary/aromatic N) is 2. The monoisotopic (exact) mass is 423 g/mol. The van der Waals surface area contributed by atoms with E-state index in [1.165, 1.54) is 11.3 Å². The summed E-state index contributed by atoms with van der Waals surface area (Å²) in [4.78, 5) is 17.1. The molecule has 1 heterocycles. The van der Waals surface area contributed by atoms with Crippen molar-refractivity contribution in [2.24, 2.45) is 0 Å². The van der Waals surface area contributed by atoms with Crippen LogP contribution >= 0.6 is 11.3 Å². The number of thiazole rings is 1. The molecule has 0 fully saturated rings. The lowest BCUT2D eigenvalue weighted by Crippen LogP contribution is -2.15. The van der Waals surface area contributed by atoms with E-state index < -0.39 is 0 Å². The van der Waals surface area contributed by atoms with Crippen LogP contribution in [-0.2, 0) is 11.2 Å². The second kappa shape index (κ2) is 9.76. The summed E-state index contributed by atoms with van der Waals surface area (Å²) in [5, 5.41) is 14.5. The zero-order valence-corrected chi connectivity index (χ0v) is 17.7. The molecule has 0 unspecified atom stereocenters. The Morgan fingerprint density at radius 2 is 1.90 bits per heavy atom. The van der Waals surface area contributed by atoms with E-state index in [9.17, 15) is 4.79 Å². The van der Waals surface area contributed by atoms with Gasteiger partial charge < -0.3 is 19.5 Å². The van der Waals surface area contributed by atoms with Crippen molar-refractivity contribution in [2.45, 2.75) is 13.3 Å². The number of amides is 1. The Morgan fingerprint density at radius 3 is 2.60 bits per heavy atom. The van der Waals surface area contributed by atoms with Crippen molar-refractivity contribution in [2.75, 3.05) is 26.1 Å². The number of hydrogen-bond donors (Lipinski definition) is 1. The maximum atomic E-state index is 12.5. The molecule has 0 spiro atoms. The van der Waals surface area contributed by atoms with Crippen LogP contribution < -0.4 is 19.5 Å². The fourth-order valence-corrected chi connectivity index (χ4v) is 3.64. The van der Waals surface area contributed by atoms with Gasteiger partial charge in [-0.25, -0.2) is 4.98 Å². The van der Waals surface area contributed by atoms with Gasteiger partial charge in [-0.2, -0.15) is 5.26 Å². The molecule has 1 amide bonds. The second-order valence-electron chi connectivity index (χ2n) is 6.19. The number of carbonyl (C=O) groups is 1. The topological polar surface area (TPSA) is 93.5 Å². The fourth-order valence-electron chi connectivity index (χ4n) is 2.83. The Hall–Kier alpha value is -3.57. The normalized spacial score (nSPS) is 10.2. The van der Waals surface area contributed by atoms with E-state index in [0.717, 1.165) is 10.6 Å². The number of ether oxygens (including phenoxy) is 3. The molecule has 8 heteroatoms. The van der Waals surface area contributed by atoms with Gasteiger partial charge in [-0.05, 0) is 43.3 Å². The van der Waals surface area contributed by atoms with Crippen molar-refractivity contribution in [1.82, 2.24) is 4.98 Å². The van der Waals surface area contributed by atoms with Gasteiger partial charge in [0, 0.05) is 10.9 Å². The van der Waals surface area contributed by atoms with Crippen molar-refractivity contribution in [3.63, 3.8) is 0 Å². The lowest BCUT2D eigenvalue weighted by atomic mass is 10.2.